The summed E-state index contributed by atoms with van der Waals surface area (Å²) >= 11 is 0. The Hall–Kier alpha value is -0.210. The first-order chi connectivity index (χ1) is 5.56. The number of hydrogen-bond acceptors (Lipinski definition) is 5. The van der Waals surface area contributed by atoms with Crippen LogP contribution in [-0.2, 0) is 19.3 Å². The molecule has 0 radical (unpaired) electrons. The maximum atomic E-state index is 9.99. The average Bonchev–Trinajstić information content (AvgIpc) is 1.94. The van der Waals surface area contributed by atoms with Crippen LogP contribution in [0.25, 0.3) is 0 Å². The van der Waals surface area contributed by atoms with E-state index in [1.165, 1.54) is 0 Å². The minimum Gasteiger partial charge on any atom is -0.380 e. The van der Waals surface area contributed by atoms with Gasteiger partial charge in [-0.25, -0.2) is 4.18 Å². The molecule has 0 rings (SSSR count). The molecule has 0 aliphatic rings. The van der Waals surface area contributed by atoms with Gasteiger partial charge in [0.25, 0.3) is 0 Å². The van der Waals surface area contributed by atoms with Gasteiger partial charge in [-0.05, 0) is 6.42 Å². The molecule has 0 saturated carbocycles. The van der Waals surface area contributed by atoms with E-state index in [1.807, 2.05) is 0 Å². The summed E-state index contributed by atoms with van der Waals surface area (Å²) in [5.41, 5.74) is 5.12. The summed E-state index contributed by atoms with van der Waals surface area (Å²) in [5, 5.41) is 0. The fourth-order valence-corrected chi connectivity index (χ4v) is 0.839. The molecule has 0 aromatic rings. The van der Waals surface area contributed by atoms with Crippen LogP contribution in [0.2, 0.25) is 0 Å². The van der Waals surface area contributed by atoms with Crippen molar-refractivity contribution >= 4 is 10.4 Å². The highest BCUT2D eigenvalue weighted by Gasteiger charge is 2.02. The second-order valence-corrected chi connectivity index (χ2v) is 3.10. The molecule has 0 atom stereocenters. The third-order valence-electron chi connectivity index (χ3n) is 0.927. The average molecular weight is 199 g/mol. The zero-order valence-corrected chi connectivity index (χ0v) is 7.42. The molecule has 3 N–H and O–H groups in total. The van der Waals surface area contributed by atoms with E-state index in [4.69, 9.17) is 15.0 Å². The van der Waals surface area contributed by atoms with Crippen molar-refractivity contribution in [2.24, 2.45) is 5.73 Å². The highest BCUT2D eigenvalue weighted by Crippen LogP contribution is 1.89. The van der Waals surface area contributed by atoms with Gasteiger partial charge >= 0.3 is 10.4 Å². The number of nitrogens with two attached hydrogens (primary N) is 1. The molecule has 0 amide bonds. The Morgan fingerprint density at radius 2 is 1.92 bits per heavy atom. The second-order valence-electron chi connectivity index (χ2n) is 2.00. The van der Waals surface area contributed by atoms with Crippen molar-refractivity contribution in [2.75, 3.05) is 26.4 Å². The van der Waals surface area contributed by atoms with Gasteiger partial charge in [0.1, 0.15) is 0 Å². The predicted molar refractivity (Wildman–Crippen MR) is 42.0 cm³/mol. The Kier molecular flexibility index (Phi) is 6.21. The van der Waals surface area contributed by atoms with Crippen LogP contribution in [0.3, 0.4) is 0 Å². The van der Waals surface area contributed by atoms with E-state index >= 15 is 0 Å². The molecule has 74 valence electrons. The zero-order valence-electron chi connectivity index (χ0n) is 6.60. The lowest BCUT2D eigenvalue weighted by atomic mass is 10.5. The molecule has 0 unspecified atom stereocenters. The van der Waals surface area contributed by atoms with Gasteiger partial charge in [0, 0.05) is 13.2 Å². The van der Waals surface area contributed by atoms with E-state index in [-0.39, 0.29) is 6.61 Å². The van der Waals surface area contributed by atoms with E-state index in [9.17, 15) is 8.42 Å². The first-order valence-electron chi connectivity index (χ1n) is 3.46. The third-order valence-corrected chi connectivity index (χ3v) is 1.39. The summed E-state index contributed by atoms with van der Waals surface area (Å²) < 4.78 is 37.0. The lowest BCUT2D eigenvalue weighted by Crippen LogP contribution is -2.11. The van der Waals surface area contributed by atoms with Crippen LogP contribution in [0.4, 0.5) is 0 Å². The molecule has 0 fully saturated rings. The lowest BCUT2D eigenvalue weighted by Gasteiger charge is -2.01. The predicted octanol–water partition coefficient (Wildman–Crippen LogP) is -0.829. The van der Waals surface area contributed by atoms with Gasteiger partial charge in [-0.15, -0.1) is 0 Å². The van der Waals surface area contributed by atoms with Crippen molar-refractivity contribution in [3.05, 3.63) is 0 Å². The third kappa shape index (κ3) is 9.79. The van der Waals surface area contributed by atoms with Crippen molar-refractivity contribution in [1.29, 1.82) is 0 Å². The Labute approximate surface area is 71.6 Å². The van der Waals surface area contributed by atoms with Crippen molar-refractivity contribution in [3.8, 4) is 0 Å². The van der Waals surface area contributed by atoms with E-state index in [1.54, 1.807) is 0 Å². The first kappa shape index (κ1) is 11.8. The Morgan fingerprint density at radius 1 is 1.25 bits per heavy atom. The van der Waals surface area contributed by atoms with Gasteiger partial charge in [0.15, 0.2) is 0 Å². The SMILES string of the molecule is NCCOCCCOS(=O)(=O)O. The van der Waals surface area contributed by atoms with Crippen LogP contribution >= 0.6 is 0 Å². The molecule has 0 heterocycles. The highest BCUT2D eigenvalue weighted by molar-refractivity contribution is 7.80. The summed E-state index contributed by atoms with van der Waals surface area (Å²) in [6, 6.07) is 0. The fourth-order valence-electron chi connectivity index (χ4n) is 0.511. The summed E-state index contributed by atoms with van der Waals surface area (Å²) in [7, 11) is -4.30. The van der Waals surface area contributed by atoms with E-state index in [2.05, 4.69) is 4.18 Å². The Morgan fingerprint density at radius 3 is 2.42 bits per heavy atom. The molecule has 0 aromatic carbocycles. The van der Waals surface area contributed by atoms with Crippen molar-refractivity contribution < 1.29 is 21.9 Å². The van der Waals surface area contributed by atoms with Crippen LogP contribution in [0.1, 0.15) is 6.42 Å². The monoisotopic (exact) mass is 199 g/mol. The standard InChI is InChI=1S/C5H13NO5S/c6-2-5-10-3-1-4-11-12(7,8)9/h1-6H2,(H,7,8,9). The molecule has 0 spiro atoms. The van der Waals surface area contributed by atoms with Gasteiger partial charge < -0.3 is 10.5 Å². The van der Waals surface area contributed by atoms with Gasteiger partial charge in [-0.2, -0.15) is 8.42 Å². The largest absolute Gasteiger partial charge is 0.397 e. The van der Waals surface area contributed by atoms with Crippen LogP contribution in [0, 0.1) is 0 Å². The molecule has 12 heavy (non-hydrogen) atoms. The smallest absolute Gasteiger partial charge is 0.380 e. The second kappa shape index (κ2) is 6.32. The molecule has 0 aliphatic heterocycles. The van der Waals surface area contributed by atoms with Crippen molar-refractivity contribution in [2.45, 2.75) is 6.42 Å². The summed E-state index contributed by atoms with van der Waals surface area (Å²) in [4.78, 5) is 0. The molecule has 0 saturated heterocycles. The van der Waals surface area contributed by atoms with Gasteiger partial charge in [0.2, 0.25) is 0 Å². The van der Waals surface area contributed by atoms with Crippen LogP contribution in [-0.4, -0.2) is 39.3 Å². The Balaban J connectivity index is 3.12. The minimum atomic E-state index is -4.30. The molecule has 0 aliphatic carbocycles. The van der Waals surface area contributed by atoms with Gasteiger partial charge in [-0.1, -0.05) is 0 Å². The number of hydrogen-bond donors (Lipinski definition) is 2. The highest BCUT2D eigenvalue weighted by atomic mass is 32.3. The maximum absolute atomic E-state index is 9.99. The normalized spacial score (nSPS) is 11.8. The molecule has 0 aromatic heterocycles. The summed E-state index contributed by atoms with van der Waals surface area (Å²) in [6.07, 6.45) is 0.403. The topological polar surface area (TPSA) is 98.9 Å². The molecule has 0 bridgehead atoms. The van der Waals surface area contributed by atoms with Crippen molar-refractivity contribution in [3.63, 3.8) is 0 Å². The summed E-state index contributed by atoms with van der Waals surface area (Å²) in [6.45, 7) is 1.15. The number of ether oxygens (including phenoxy) is 1. The maximum Gasteiger partial charge on any atom is 0.397 e. The fraction of sp³-hybridized carbons (Fsp3) is 1.00. The van der Waals surface area contributed by atoms with Crippen LogP contribution < -0.4 is 5.73 Å². The zero-order chi connectivity index (χ0) is 9.45. The van der Waals surface area contributed by atoms with Crippen LogP contribution in [0.15, 0.2) is 0 Å². The molecular weight excluding hydrogens is 186 g/mol. The molecular formula is C5H13NO5S. The molecule has 6 nitrogen and oxygen atoms in total. The van der Waals surface area contributed by atoms with Gasteiger partial charge in [0.05, 0.1) is 13.2 Å². The summed E-state index contributed by atoms with van der Waals surface area (Å²) in [5.74, 6) is 0. The Bertz CT molecular complexity index is 190. The quantitative estimate of drug-likeness (QED) is 0.410. The van der Waals surface area contributed by atoms with Crippen LogP contribution in [0.5, 0.6) is 0 Å². The van der Waals surface area contributed by atoms with Gasteiger partial charge in [-0.3, -0.25) is 4.55 Å². The van der Waals surface area contributed by atoms with E-state index in [0.29, 0.717) is 26.2 Å². The first-order valence-corrected chi connectivity index (χ1v) is 4.82. The minimum absolute atomic E-state index is 0.0800. The number of rotatable bonds is 7. The van der Waals surface area contributed by atoms with Crippen molar-refractivity contribution in [1.82, 2.24) is 0 Å². The van der Waals surface area contributed by atoms with E-state index < -0.39 is 10.4 Å². The molecule has 7 heteroatoms. The van der Waals surface area contributed by atoms with E-state index in [0.717, 1.165) is 0 Å². The lowest BCUT2D eigenvalue weighted by molar-refractivity contribution is 0.124.